The average molecular weight is 187 g/mol. The molecule has 0 saturated heterocycles. The zero-order valence-electron chi connectivity index (χ0n) is 9.72. The number of rotatable bonds is 2. The zero-order chi connectivity index (χ0) is 10.9. The van der Waals surface area contributed by atoms with Crippen LogP contribution < -0.4 is 5.73 Å². The molecule has 0 spiro atoms. The van der Waals surface area contributed by atoms with Crippen molar-refractivity contribution >= 4 is 0 Å². The Balaban J connectivity index is 4.30. The summed E-state index contributed by atoms with van der Waals surface area (Å²) in [6.07, 6.45) is 0.313. The van der Waals surface area contributed by atoms with Crippen LogP contribution in [0.3, 0.4) is 0 Å². The average Bonchev–Trinajstić information content (AvgIpc) is 1.79. The predicted molar refractivity (Wildman–Crippen MR) is 55.4 cm³/mol. The maximum Gasteiger partial charge on any atom is 0.253 e. The topological polar surface area (TPSA) is 46.1 Å². The summed E-state index contributed by atoms with van der Waals surface area (Å²) in [5, 5.41) is 0. The molecule has 1 unspecified atom stereocenters. The molecule has 0 bridgehead atoms. The summed E-state index contributed by atoms with van der Waals surface area (Å²) < 4.78 is 0.984. The van der Waals surface area contributed by atoms with Gasteiger partial charge in [-0.05, 0) is 5.41 Å². The molecule has 78 valence electrons. The summed E-state index contributed by atoms with van der Waals surface area (Å²) >= 11 is 0. The molecule has 0 saturated carbocycles. The van der Waals surface area contributed by atoms with Crippen molar-refractivity contribution in [1.82, 2.24) is 0 Å². The highest BCUT2D eigenvalue weighted by Crippen LogP contribution is 2.22. The molecule has 3 nitrogen and oxygen atoms in total. The van der Waals surface area contributed by atoms with Crippen LogP contribution in [-0.2, 0) is 0 Å². The van der Waals surface area contributed by atoms with E-state index in [0.29, 0.717) is 6.42 Å². The molecular weight excluding hydrogens is 164 g/mol. The lowest BCUT2D eigenvalue weighted by atomic mass is 9.90. The van der Waals surface area contributed by atoms with Gasteiger partial charge in [-0.2, -0.15) is 0 Å². The fourth-order valence-corrected chi connectivity index (χ4v) is 1.21. The number of hydrogen-bond donors (Lipinski definition) is 1. The van der Waals surface area contributed by atoms with Gasteiger partial charge in [-0.15, -0.1) is 0 Å². The molecule has 0 fully saturated rings. The summed E-state index contributed by atoms with van der Waals surface area (Å²) in [5.74, 6) is 0. The zero-order valence-corrected chi connectivity index (χ0v) is 9.72. The van der Waals surface area contributed by atoms with Crippen molar-refractivity contribution in [3.05, 3.63) is 4.91 Å². The first-order chi connectivity index (χ1) is 5.54. The SMILES string of the molecule is CC(C)(C)CC(N)[N+](=O)C(C)(C)C. The number of hydrogen-bond acceptors (Lipinski definition) is 2. The third-order valence-electron chi connectivity index (χ3n) is 1.78. The van der Waals surface area contributed by atoms with Crippen LogP contribution in [0, 0.1) is 10.3 Å². The maximum atomic E-state index is 11.6. The Labute approximate surface area is 81.3 Å². The van der Waals surface area contributed by atoms with Gasteiger partial charge in [0, 0.05) is 36.9 Å². The van der Waals surface area contributed by atoms with Crippen molar-refractivity contribution in [2.24, 2.45) is 11.1 Å². The van der Waals surface area contributed by atoms with E-state index in [9.17, 15) is 4.91 Å². The highest BCUT2D eigenvalue weighted by Gasteiger charge is 2.36. The van der Waals surface area contributed by atoms with Crippen LogP contribution in [0.1, 0.15) is 48.0 Å². The molecule has 13 heavy (non-hydrogen) atoms. The Morgan fingerprint density at radius 2 is 1.54 bits per heavy atom. The monoisotopic (exact) mass is 187 g/mol. The van der Waals surface area contributed by atoms with Crippen LogP contribution >= 0.6 is 0 Å². The quantitative estimate of drug-likeness (QED) is 0.532. The van der Waals surface area contributed by atoms with Gasteiger partial charge in [0.2, 0.25) is 5.54 Å². The number of nitrogens with two attached hydrogens (primary N) is 1. The van der Waals surface area contributed by atoms with Gasteiger partial charge in [0.05, 0.1) is 0 Å². The molecule has 3 heteroatoms. The van der Waals surface area contributed by atoms with Gasteiger partial charge in [0.25, 0.3) is 6.17 Å². The van der Waals surface area contributed by atoms with Gasteiger partial charge in [-0.1, -0.05) is 20.8 Å². The van der Waals surface area contributed by atoms with Crippen molar-refractivity contribution in [2.75, 3.05) is 0 Å². The molecule has 0 aliphatic carbocycles. The summed E-state index contributed by atoms with van der Waals surface area (Å²) in [7, 11) is 0. The minimum atomic E-state index is -0.403. The molecule has 0 aromatic rings. The molecule has 1 atom stereocenters. The normalized spacial score (nSPS) is 15.6. The summed E-state index contributed by atoms with van der Waals surface area (Å²) in [6.45, 7) is 11.9. The van der Waals surface area contributed by atoms with Gasteiger partial charge in [0.15, 0.2) is 0 Å². The highest BCUT2D eigenvalue weighted by atomic mass is 16.3. The molecule has 0 aromatic heterocycles. The van der Waals surface area contributed by atoms with E-state index in [1.165, 1.54) is 0 Å². The Morgan fingerprint density at radius 1 is 1.15 bits per heavy atom. The van der Waals surface area contributed by atoms with Crippen molar-refractivity contribution < 1.29 is 4.76 Å². The van der Waals surface area contributed by atoms with Gasteiger partial charge < -0.3 is 0 Å². The molecule has 0 aliphatic rings. The van der Waals surface area contributed by atoms with Crippen LogP contribution in [0.15, 0.2) is 0 Å². The van der Waals surface area contributed by atoms with E-state index in [0.717, 1.165) is 4.76 Å². The van der Waals surface area contributed by atoms with Crippen LogP contribution in [-0.4, -0.2) is 16.5 Å². The Kier molecular flexibility index (Phi) is 3.62. The first-order valence-electron chi connectivity index (χ1n) is 4.76. The standard InChI is InChI=1S/C10H23N2O/c1-9(2,3)7-8(11)12(13)10(4,5)6/h8H,7,11H2,1-6H3/q+1. The number of nitrogens with zero attached hydrogens (tertiary/aromatic N) is 1. The summed E-state index contributed by atoms with van der Waals surface area (Å²) in [4.78, 5) is 11.6. The molecule has 0 rings (SSSR count). The van der Waals surface area contributed by atoms with Gasteiger partial charge >= 0.3 is 0 Å². The van der Waals surface area contributed by atoms with Crippen molar-refractivity contribution in [1.29, 1.82) is 0 Å². The second kappa shape index (κ2) is 3.74. The van der Waals surface area contributed by atoms with E-state index in [1.54, 1.807) is 0 Å². The first-order valence-corrected chi connectivity index (χ1v) is 4.76. The van der Waals surface area contributed by atoms with E-state index in [4.69, 9.17) is 5.73 Å². The minimum Gasteiger partial charge on any atom is -0.270 e. The van der Waals surface area contributed by atoms with Crippen LogP contribution in [0.2, 0.25) is 0 Å². The van der Waals surface area contributed by atoms with Gasteiger partial charge in [-0.3, -0.25) is 5.73 Å². The van der Waals surface area contributed by atoms with Crippen molar-refractivity contribution in [3.63, 3.8) is 0 Å². The molecule has 0 heterocycles. The largest absolute Gasteiger partial charge is 0.270 e. The summed E-state index contributed by atoms with van der Waals surface area (Å²) in [5.41, 5.74) is 5.51. The Bertz CT molecular complexity index is 186. The lowest BCUT2D eigenvalue weighted by Crippen LogP contribution is -2.45. The van der Waals surface area contributed by atoms with E-state index in [1.807, 2.05) is 20.8 Å². The fourth-order valence-electron chi connectivity index (χ4n) is 1.21. The van der Waals surface area contributed by atoms with Gasteiger partial charge in [0.1, 0.15) is 0 Å². The Morgan fingerprint density at radius 3 is 1.77 bits per heavy atom. The molecule has 0 amide bonds. The Hall–Kier alpha value is -0.440. The van der Waals surface area contributed by atoms with Gasteiger partial charge in [-0.25, -0.2) is 0 Å². The van der Waals surface area contributed by atoms with E-state index in [2.05, 4.69) is 20.8 Å². The third kappa shape index (κ3) is 4.98. The fraction of sp³-hybridized carbons (Fsp3) is 1.00. The van der Waals surface area contributed by atoms with Crippen molar-refractivity contribution in [3.8, 4) is 0 Å². The predicted octanol–water partition coefficient (Wildman–Crippen LogP) is 2.28. The molecule has 0 radical (unpaired) electrons. The highest BCUT2D eigenvalue weighted by molar-refractivity contribution is 4.67. The molecular formula is C10H23N2O+. The van der Waals surface area contributed by atoms with Crippen LogP contribution in [0.5, 0.6) is 0 Å². The molecule has 2 N–H and O–H groups in total. The number of nitroso groups, excluding NO2 is 1. The molecule has 0 aromatic carbocycles. The third-order valence-corrected chi connectivity index (χ3v) is 1.78. The second-order valence-corrected chi connectivity index (χ2v) is 5.83. The van der Waals surface area contributed by atoms with E-state index < -0.39 is 11.7 Å². The minimum absolute atomic E-state index is 0.104. The van der Waals surface area contributed by atoms with Crippen LogP contribution in [0.25, 0.3) is 0 Å². The first kappa shape index (κ1) is 12.6. The maximum absolute atomic E-state index is 11.6. The smallest absolute Gasteiger partial charge is 0.253 e. The van der Waals surface area contributed by atoms with Crippen LogP contribution in [0.4, 0.5) is 0 Å². The van der Waals surface area contributed by atoms with E-state index >= 15 is 0 Å². The van der Waals surface area contributed by atoms with E-state index in [-0.39, 0.29) is 5.41 Å². The lowest BCUT2D eigenvalue weighted by molar-refractivity contribution is -0.650. The molecule has 0 aliphatic heterocycles. The summed E-state index contributed by atoms with van der Waals surface area (Å²) in [6, 6.07) is 0. The van der Waals surface area contributed by atoms with Crippen molar-refractivity contribution in [2.45, 2.75) is 59.7 Å². The second-order valence-electron chi connectivity index (χ2n) is 5.83. The lowest BCUT2D eigenvalue weighted by Gasteiger charge is -2.21.